The number of fused-ring (bicyclic) bond motifs is 3. The van der Waals surface area contributed by atoms with E-state index in [1.54, 1.807) is 18.4 Å². The highest BCUT2D eigenvalue weighted by molar-refractivity contribution is 7.99. The molecule has 8 heteroatoms. The summed E-state index contributed by atoms with van der Waals surface area (Å²) < 4.78 is 1.53. The van der Waals surface area contributed by atoms with Gasteiger partial charge in [-0.3, -0.25) is 23.9 Å². The fourth-order valence-corrected chi connectivity index (χ4v) is 5.50. The molecule has 0 atom stereocenters. The number of hydrogen-bond donors (Lipinski definition) is 0. The molecular weight excluding hydrogens is 346 g/mol. The lowest BCUT2D eigenvalue weighted by atomic mass is 10.2. The summed E-state index contributed by atoms with van der Waals surface area (Å²) in [5, 5.41) is 1.29. The van der Waals surface area contributed by atoms with Crippen LogP contribution in [-0.4, -0.2) is 38.6 Å². The number of carbonyl (C=O) groups is 2. The average molecular weight is 363 g/mol. The molecule has 2 aromatic rings. The minimum Gasteiger partial charge on any atom is -0.290 e. The van der Waals surface area contributed by atoms with Gasteiger partial charge in [0.05, 0.1) is 11.1 Å². The molecule has 0 unspecified atom stereocenters. The average Bonchev–Trinajstić information content (AvgIpc) is 3.24. The van der Waals surface area contributed by atoms with Crippen LogP contribution in [0.25, 0.3) is 10.2 Å². The monoisotopic (exact) mass is 363 g/mol. The van der Waals surface area contributed by atoms with E-state index in [1.807, 2.05) is 0 Å². The van der Waals surface area contributed by atoms with E-state index in [-0.39, 0.29) is 23.1 Å². The van der Waals surface area contributed by atoms with Crippen molar-refractivity contribution in [2.75, 3.05) is 12.3 Å². The zero-order valence-corrected chi connectivity index (χ0v) is 15.0. The molecule has 0 spiro atoms. The van der Waals surface area contributed by atoms with Crippen LogP contribution in [0.3, 0.4) is 0 Å². The SMILES string of the molecule is Cn1c(SCC(=O)N2CCCC2=O)nc2sc3c(c2c1=O)CCC3. The van der Waals surface area contributed by atoms with Gasteiger partial charge in [0.1, 0.15) is 4.83 Å². The first-order valence-corrected chi connectivity index (χ1v) is 9.83. The highest BCUT2D eigenvalue weighted by atomic mass is 32.2. The first kappa shape index (κ1) is 15.8. The van der Waals surface area contributed by atoms with E-state index in [4.69, 9.17) is 0 Å². The smallest absolute Gasteiger partial charge is 0.262 e. The van der Waals surface area contributed by atoms with Crippen LogP contribution >= 0.6 is 23.1 Å². The summed E-state index contributed by atoms with van der Waals surface area (Å²) in [5.74, 6) is -0.180. The maximum absolute atomic E-state index is 12.7. The summed E-state index contributed by atoms with van der Waals surface area (Å²) in [7, 11) is 1.70. The van der Waals surface area contributed by atoms with Crippen molar-refractivity contribution in [2.24, 2.45) is 7.05 Å². The maximum Gasteiger partial charge on any atom is 0.262 e. The third-order valence-electron chi connectivity index (χ3n) is 4.60. The molecule has 24 heavy (non-hydrogen) atoms. The van der Waals surface area contributed by atoms with E-state index >= 15 is 0 Å². The number of nitrogens with zero attached hydrogens (tertiary/aromatic N) is 3. The molecule has 0 aromatic carbocycles. The largest absolute Gasteiger partial charge is 0.290 e. The van der Waals surface area contributed by atoms with E-state index in [2.05, 4.69) is 4.98 Å². The van der Waals surface area contributed by atoms with Crippen LogP contribution < -0.4 is 5.56 Å². The number of aromatic nitrogens is 2. The van der Waals surface area contributed by atoms with Gasteiger partial charge in [0.15, 0.2) is 5.16 Å². The Kier molecular flexibility index (Phi) is 3.96. The van der Waals surface area contributed by atoms with Crippen LogP contribution in [-0.2, 0) is 29.5 Å². The number of hydrogen-bond acceptors (Lipinski definition) is 6. The molecule has 2 amide bonds. The topological polar surface area (TPSA) is 72.3 Å². The number of thiophene rings is 1. The summed E-state index contributed by atoms with van der Waals surface area (Å²) in [6.07, 6.45) is 4.26. The van der Waals surface area contributed by atoms with Crippen LogP contribution in [0.2, 0.25) is 0 Å². The van der Waals surface area contributed by atoms with E-state index in [1.165, 1.54) is 31.7 Å². The van der Waals surface area contributed by atoms with Crippen molar-refractivity contribution < 1.29 is 9.59 Å². The minimum atomic E-state index is -0.203. The van der Waals surface area contributed by atoms with E-state index in [0.29, 0.717) is 18.1 Å². The van der Waals surface area contributed by atoms with Gasteiger partial charge < -0.3 is 0 Å². The number of imide groups is 1. The molecule has 3 heterocycles. The first-order chi connectivity index (χ1) is 11.6. The van der Waals surface area contributed by atoms with Crippen molar-refractivity contribution in [3.8, 4) is 0 Å². The molecular formula is C16H17N3O3S2. The maximum atomic E-state index is 12.7. The molecule has 4 rings (SSSR count). The normalized spacial score (nSPS) is 17.0. The van der Waals surface area contributed by atoms with Crippen LogP contribution in [0.15, 0.2) is 9.95 Å². The third kappa shape index (κ3) is 2.48. The summed E-state index contributed by atoms with van der Waals surface area (Å²) in [5.41, 5.74) is 1.13. The quantitative estimate of drug-likeness (QED) is 0.613. The molecule has 1 fully saturated rings. The first-order valence-electron chi connectivity index (χ1n) is 8.03. The molecule has 2 aromatic heterocycles. The molecule has 126 valence electrons. The number of amides is 2. The van der Waals surface area contributed by atoms with E-state index in [0.717, 1.165) is 35.9 Å². The van der Waals surface area contributed by atoms with Crippen LogP contribution in [0.4, 0.5) is 0 Å². The minimum absolute atomic E-state index is 0.0356. The van der Waals surface area contributed by atoms with Crippen molar-refractivity contribution in [2.45, 2.75) is 37.3 Å². The Morgan fingerprint density at radius 2 is 2.08 bits per heavy atom. The van der Waals surface area contributed by atoms with Gasteiger partial charge in [-0.05, 0) is 31.2 Å². The highest BCUT2D eigenvalue weighted by Crippen LogP contribution is 2.35. The molecule has 0 bridgehead atoms. The predicted molar refractivity (Wildman–Crippen MR) is 93.6 cm³/mol. The fraction of sp³-hybridized carbons (Fsp3) is 0.500. The summed E-state index contributed by atoms with van der Waals surface area (Å²) in [4.78, 5) is 44.5. The Hall–Kier alpha value is -1.67. The second-order valence-electron chi connectivity index (χ2n) is 6.13. The van der Waals surface area contributed by atoms with Crippen molar-refractivity contribution in [3.63, 3.8) is 0 Å². The fourth-order valence-electron chi connectivity index (χ4n) is 3.35. The molecule has 0 radical (unpaired) electrons. The number of thioether (sulfide) groups is 1. The molecule has 1 aliphatic carbocycles. The lowest BCUT2D eigenvalue weighted by Crippen LogP contribution is -2.33. The van der Waals surface area contributed by atoms with Gasteiger partial charge in [-0.2, -0.15) is 0 Å². The Morgan fingerprint density at radius 3 is 2.83 bits per heavy atom. The van der Waals surface area contributed by atoms with Gasteiger partial charge >= 0.3 is 0 Å². The number of aryl methyl sites for hydroxylation is 2. The third-order valence-corrected chi connectivity index (χ3v) is 6.80. The van der Waals surface area contributed by atoms with Crippen molar-refractivity contribution in [3.05, 3.63) is 20.8 Å². The summed E-state index contributed by atoms with van der Waals surface area (Å²) in [6.45, 7) is 0.501. The number of likely N-dealkylation sites (tertiary alicyclic amines) is 1. The molecule has 2 aliphatic rings. The summed E-state index contributed by atoms with van der Waals surface area (Å²) in [6, 6.07) is 0. The van der Waals surface area contributed by atoms with Gasteiger partial charge in [0.25, 0.3) is 5.56 Å². The number of rotatable bonds is 3. The van der Waals surface area contributed by atoms with Crippen LogP contribution in [0.5, 0.6) is 0 Å². The number of carbonyl (C=O) groups excluding carboxylic acids is 2. The standard InChI is InChI=1S/C16H17N3O3S2/c1-18-15(22)13-9-4-2-5-10(9)24-14(13)17-16(18)23-8-12(21)19-7-3-6-11(19)20/h2-8H2,1H3. The van der Waals surface area contributed by atoms with Crippen molar-refractivity contribution in [1.29, 1.82) is 0 Å². The molecule has 0 N–H and O–H groups in total. The Bertz CT molecular complexity index is 915. The molecule has 1 saturated heterocycles. The zero-order valence-electron chi connectivity index (χ0n) is 13.3. The van der Waals surface area contributed by atoms with Crippen LogP contribution in [0.1, 0.15) is 29.7 Å². The van der Waals surface area contributed by atoms with Crippen molar-refractivity contribution in [1.82, 2.24) is 14.5 Å². The zero-order chi connectivity index (χ0) is 16.8. The Labute approximate surface area is 146 Å². The molecule has 0 saturated carbocycles. The molecule has 1 aliphatic heterocycles. The Morgan fingerprint density at radius 1 is 1.25 bits per heavy atom. The van der Waals surface area contributed by atoms with Gasteiger partial charge in [0, 0.05) is 24.9 Å². The highest BCUT2D eigenvalue weighted by Gasteiger charge is 2.27. The second kappa shape index (κ2) is 6.00. The van der Waals surface area contributed by atoms with Crippen molar-refractivity contribution >= 4 is 45.1 Å². The lowest BCUT2D eigenvalue weighted by Gasteiger charge is -2.13. The Balaban J connectivity index is 1.61. The van der Waals surface area contributed by atoms with Gasteiger partial charge in [-0.1, -0.05) is 11.8 Å². The second-order valence-corrected chi connectivity index (χ2v) is 8.15. The summed E-state index contributed by atoms with van der Waals surface area (Å²) >= 11 is 2.83. The molecule has 6 nitrogen and oxygen atoms in total. The van der Waals surface area contributed by atoms with E-state index < -0.39 is 0 Å². The van der Waals surface area contributed by atoms with Gasteiger partial charge in [0.2, 0.25) is 11.8 Å². The lowest BCUT2D eigenvalue weighted by molar-refractivity contribution is -0.140. The van der Waals surface area contributed by atoms with Gasteiger partial charge in [-0.15, -0.1) is 11.3 Å². The van der Waals surface area contributed by atoms with Gasteiger partial charge in [-0.25, -0.2) is 4.98 Å². The van der Waals surface area contributed by atoms with Crippen LogP contribution in [0, 0.1) is 0 Å². The van der Waals surface area contributed by atoms with E-state index in [9.17, 15) is 14.4 Å². The predicted octanol–water partition coefficient (Wildman–Crippen LogP) is 1.72.